The number of benzene rings is 1. The van der Waals surface area contributed by atoms with Crippen molar-refractivity contribution in [2.24, 2.45) is 0 Å². The summed E-state index contributed by atoms with van der Waals surface area (Å²) in [4.78, 5) is 23.1. The van der Waals surface area contributed by atoms with Gasteiger partial charge in [0.2, 0.25) is 0 Å². The summed E-state index contributed by atoms with van der Waals surface area (Å²) in [5.41, 5.74) is -0.546. The first-order valence-electron chi connectivity index (χ1n) is 6.99. The molecule has 2 N–H and O–H groups in total. The van der Waals surface area contributed by atoms with Crippen LogP contribution in [0.5, 0.6) is 5.75 Å². The lowest BCUT2D eigenvalue weighted by molar-refractivity contribution is -0.123. The normalized spacial score (nSPS) is 10.8. The summed E-state index contributed by atoms with van der Waals surface area (Å²) in [6.45, 7) is 5.78. The van der Waals surface area contributed by atoms with Crippen LogP contribution in [0.4, 0.5) is 4.79 Å². The quantitative estimate of drug-likeness (QED) is 0.512. The Bertz CT molecular complexity index is 561. The van der Waals surface area contributed by atoms with Crippen LogP contribution >= 0.6 is 34.2 Å². The highest BCUT2D eigenvalue weighted by atomic mass is 127. The Morgan fingerprint density at radius 3 is 2.52 bits per heavy atom. The van der Waals surface area contributed by atoms with Gasteiger partial charge in [-0.05, 0) is 61.6 Å². The van der Waals surface area contributed by atoms with E-state index in [1.165, 1.54) is 0 Å². The van der Waals surface area contributed by atoms with E-state index in [1.807, 2.05) is 0 Å². The molecule has 6 nitrogen and oxygen atoms in total. The highest BCUT2D eigenvalue weighted by Crippen LogP contribution is 2.24. The Kier molecular flexibility index (Phi) is 7.90. The van der Waals surface area contributed by atoms with Gasteiger partial charge in [0, 0.05) is 18.1 Å². The summed E-state index contributed by atoms with van der Waals surface area (Å²) in [6, 6.07) is 5.21. The third-order valence-electron chi connectivity index (χ3n) is 2.37. The van der Waals surface area contributed by atoms with E-state index in [4.69, 9.17) is 21.1 Å². The van der Waals surface area contributed by atoms with E-state index in [1.54, 1.807) is 39.0 Å². The Balaban J connectivity index is 2.22. The summed E-state index contributed by atoms with van der Waals surface area (Å²) >= 11 is 7.97. The topological polar surface area (TPSA) is 76.7 Å². The lowest BCUT2D eigenvalue weighted by atomic mass is 10.2. The molecular formula is C15H20ClIN2O4. The Morgan fingerprint density at radius 2 is 1.87 bits per heavy atom. The van der Waals surface area contributed by atoms with E-state index in [0.717, 1.165) is 3.57 Å². The molecule has 0 atom stereocenters. The van der Waals surface area contributed by atoms with Gasteiger partial charge in [0.25, 0.3) is 5.91 Å². The second-order valence-electron chi connectivity index (χ2n) is 5.64. The Morgan fingerprint density at radius 1 is 1.22 bits per heavy atom. The maximum absolute atomic E-state index is 11.7. The van der Waals surface area contributed by atoms with Crippen LogP contribution in [0.25, 0.3) is 0 Å². The maximum Gasteiger partial charge on any atom is 0.407 e. The van der Waals surface area contributed by atoms with Crippen molar-refractivity contribution in [2.45, 2.75) is 26.4 Å². The van der Waals surface area contributed by atoms with E-state index >= 15 is 0 Å². The van der Waals surface area contributed by atoms with Crippen molar-refractivity contribution in [1.82, 2.24) is 10.6 Å². The molecule has 0 aliphatic carbocycles. The fourth-order valence-electron chi connectivity index (χ4n) is 1.46. The van der Waals surface area contributed by atoms with E-state index in [2.05, 4.69) is 33.2 Å². The molecule has 1 aromatic rings. The van der Waals surface area contributed by atoms with Gasteiger partial charge in [0.15, 0.2) is 6.61 Å². The molecule has 0 saturated carbocycles. The number of ether oxygens (including phenoxy) is 2. The van der Waals surface area contributed by atoms with E-state index in [0.29, 0.717) is 10.8 Å². The zero-order chi connectivity index (χ0) is 17.5. The molecule has 0 bridgehead atoms. The van der Waals surface area contributed by atoms with Crippen molar-refractivity contribution in [3.63, 3.8) is 0 Å². The molecule has 0 fully saturated rings. The molecule has 1 aromatic carbocycles. The lowest BCUT2D eigenvalue weighted by Crippen LogP contribution is -2.39. The molecule has 0 spiro atoms. The zero-order valence-corrected chi connectivity index (χ0v) is 16.2. The number of amides is 2. The van der Waals surface area contributed by atoms with Gasteiger partial charge >= 0.3 is 6.09 Å². The molecule has 0 heterocycles. The van der Waals surface area contributed by atoms with Crippen LogP contribution in [0, 0.1) is 3.57 Å². The van der Waals surface area contributed by atoms with Crippen LogP contribution in [0.3, 0.4) is 0 Å². The minimum absolute atomic E-state index is 0.122. The van der Waals surface area contributed by atoms with Crippen LogP contribution in [0.2, 0.25) is 5.02 Å². The van der Waals surface area contributed by atoms with Gasteiger partial charge in [-0.1, -0.05) is 11.6 Å². The van der Waals surface area contributed by atoms with Crippen molar-refractivity contribution in [3.8, 4) is 5.75 Å². The van der Waals surface area contributed by atoms with Gasteiger partial charge in [-0.2, -0.15) is 0 Å². The van der Waals surface area contributed by atoms with E-state index in [9.17, 15) is 9.59 Å². The number of hydrogen-bond acceptors (Lipinski definition) is 4. The van der Waals surface area contributed by atoms with Gasteiger partial charge < -0.3 is 20.1 Å². The smallest absolute Gasteiger partial charge is 0.407 e. The highest BCUT2D eigenvalue weighted by Gasteiger charge is 2.15. The summed E-state index contributed by atoms with van der Waals surface area (Å²) in [6.07, 6.45) is -0.517. The Labute approximate surface area is 154 Å². The molecule has 2 amide bonds. The minimum atomic E-state index is -0.546. The fourth-order valence-corrected chi connectivity index (χ4v) is 2.12. The third-order valence-corrected chi connectivity index (χ3v) is 3.49. The first-order valence-corrected chi connectivity index (χ1v) is 8.44. The first kappa shape index (κ1) is 19.8. The monoisotopic (exact) mass is 454 g/mol. The van der Waals surface area contributed by atoms with Crippen LogP contribution in [-0.2, 0) is 9.53 Å². The molecule has 0 radical (unpaired) electrons. The van der Waals surface area contributed by atoms with Gasteiger partial charge in [-0.3, -0.25) is 4.79 Å². The van der Waals surface area contributed by atoms with Gasteiger partial charge in [-0.25, -0.2) is 4.79 Å². The first-order chi connectivity index (χ1) is 10.7. The van der Waals surface area contributed by atoms with Crippen molar-refractivity contribution in [2.75, 3.05) is 19.7 Å². The highest BCUT2D eigenvalue weighted by molar-refractivity contribution is 14.1. The van der Waals surface area contributed by atoms with E-state index in [-0.39, 0.29) is 25.6 Å². The summed E-state index contributed by atoms with van der Waals surface area (Å²) in [7, 11) is 0. The van der Waals surface area contributed by atoms with Crippen LogP contribution < -0.4 is 15.4 Å². The fraction of sp³-hybridized carbons (Fsp3) is 0.467. The minimum Gasteiger partial charge on any atom is -0.483 e. The standard InChI is InChI=1S/C15H20ClIN2O4/c1-15(2,3)23-14(21)19-7-6-18-13(20)9-22-12-8-10(16)4-5-11(12)17/h4-5,8H,6-7,9H2,1-3H3,(H,18,20)(H,19,21). The number of hydrogen-bond donors (Lipinski definition) is 2. The average molecular weight is 455 g/mol. The summed E-state index contributed by atoms with van der Waals surface area (Å²) in [5.74, 6) is 0.270. The molecule has 1 rings (SSSR count). The number of carbonyl (C=O) groups is 2. The number of alkyl carbamates (subject to hydrolysis) is 1. The molecule has 0 unspecified atom stereocenters. The molecular weight excluding hydrogens is 435 g/mol. The largest absolute Gasteiger partial charge is 0.483 e. The Hall–Kier alpha value is -1.22. The second kappa shape index (κ2) is 9.17. The molecule has 128 valence electrons. The third kappa shape index (κ3) is 8.85. The molecule has 23 heavy (non-hydrogen) atoms. The van der Waals surface area contributed by atoms with Crippen molar-refractivity contribution in [1.29, 1.82) is 0 Å². The molecule has 0 aliphatic heterocycles. The molecule has 0 aliphatic rings. The number of rotatable bonds is 6. The predicted molar refractivity (Wildman–Crippen MR) is 96.9 cm³/mol. The number of nitrogens with one attached hydrogen (secondary N) is 2. The van der Waals surface area contributed by atoms with Crippen LogP contribution in [0.1, 0.15) is 20.8 Å². The molecule has 8 heteroatoms. The van der Waals surface area contributed by atoms with Crippen molar-refractivity contribution in [3.05, 3.63) is 26.8 Å². The maximum atomic E-state index is 11.7. The summed E-state index contributed by atoms with van der Waals surface area (Å²) in [5, 5.41) is 5.73. The summed E-state index contributed by atoms with van der Waals surface area (Å²) < 4.78 is 11.3. The van der Waals surface area contributed by atoms with Crippen LogP contribution in [0.15, 0.2) is 18.2 Å². The van der Waals surface area contributed by atoms with Gasteiger partial charge in [-0.15, -0.1) is 0 Å². The predicted octanol–water partition coefficient (Wildman–Crippen LogP) is 2.96. The zero-order valence-electron chi connectivity index (χ0n) is 13.2. The average Bonchev–Trinajstić information content (AvgIpc) is 2.42. The van der Waals surface area contributed by atoms with Gasteiger partial charge in [0.05, 0.1) is 3.57 Å². The SMILES string of the molecule is CC(C)(C)OC(=O)NCCNC(=O)COc1cc(Cl)ccc1I. The van der Waals surface area contributed by atoms with Crippen molar-refractivity contribution >= 4 is 46.2 Å². The van der Waals surface area contributed by atoms with Crippen molar-refractivity contribution < 1.29 is 19.1 Å². The second-order valence-corrected chi connectivity index (χ2v) is 7.24. The molecule has 0 saturated heterocycles. The van der Waals surface area contributed by atoms with Gasteiger partial charge in [0.1, 0.15) is 11.4 Å². The number of halogens is 2. The molecule has 0 aromatic heterocycles. The van der Waals surface area contributed by atoms with Crippen LogP contribution in [-0.4, -0.2) is 37.3 Å². The number of carbonyl (C=O) groups excluding carboxylic acids is 2. The lowest BCUT2D eigenvalue weighted by Gasteiger charge is -2.19. The van der Waals surface area contributed by atoms with E-state index < -0.39 is 11.7 Å².